The predicted molar refractivity (Wildman–Crippen MR) is 85.3 cm³/mol. The summed E-state index contributed by atoms with van der Waals surface area (Å²) < 4.78 is 5.52. The van der Waals surface area contributed by atoms with Crippen molar-refractivity contribution in [3.05, 3.63) is 58.6 Å². The number of hydrogen-bond acceptors (Lipinski definition) is 6. The quantitative estimate of drug-likeness (QED) is 0.674. The van der Waals surface area contributed by atoms with E-state index >= 15 is 0 Å². The summed E-state index contributed by atoms with van der Waals surface area (Å²) in [5.41, 5.74) is 4.29. The van der Waals surface area contributed by atoms with Crippen LogP contribution in [0.3, 0.4) is 0 Å². The van der Waals surface area contributed by atoms with Crippen LogP contribution in [-0.2, 0) is 22.7 Å². The van der Waals surface area contributed by atoms with E-state index in [-0.39, 0.29) is 12.3 Å². The fraction of sp³-hybridized carbons (Fsp3) is 0.188. The first-order valence-electron chi connectivity index (χ1n) is 7.11. The Morgan fingerprint density at radius 2 is 2.09 bits per heavy atom. The predicted octanol–water partition coefficient (Wildman–Crippen LogP) is 2.98. The molecular formula is C16H15N3O3S. The Bertz CT molecular complexity index is 741. The zero-order valence-electron chi connectivity index (χ0n) is 12.3. The fourth-order valence-corrected chi connectivity index (χ4v) is 2.53. The standard InChI is InChI=1S/C16H15N3O3S/c20-14(19-21-10-12-4-2-1-3-5-12)6-7-15-17-18-16(22-15)13-8-9-23-11-13/h1-5,8-9,11H,6-7,10H2,(H,19,20). The van der Waals surface area contributed by atoms with Gasteiger partial charge in [-0.1, -0.05) is 30.3 Å². The van der Waals surface area contributed by atoms with Crippen LogP contribution >= 0.6 is 11.3 Å². The van der Waals surface area contributed by atoms with Gasteiger partial charge < -0.3 is 4.42 Å². The third kappa shape index (κ3) is 4.48. The molecule has 1 N–H and O–H groups in total. The number of aryl methyl sites for hydroxylation is 1. The highest BCUT2D eigenvalue weighted by Crippen LogP contribution is 2.20. The van der Waals surface area contributed by atoms with Crippen molar-refractivity contribution < 1.29 is 14.0 Å². The van der Waals surface area contributed by atoms with E-state index in [0.717, 1.165) is 11.1 Å². The van der Waals surface area contributed by atoms with Gasteiger partial charge in [0, 0.05) is 23.8 Å². The molecule has 6 nitrogen and oxygen atoms in total. The van der Waals surface area contributed by atoms with Gasteiger partial charge in [0.15, 0.2) is 0 Å². The maximum absolute atomic E-state index is 11.7. The number of amides is 1. The summed E-state index contributed by atoms with van der Waals surface area (Å²) >= 11 is 1.56. The number of hydroxylamine groups is 1. The molecule has 0 fully saturated rings. The van der Waals surface area contributed by atoms with Crippen molar-refractivity contribution in [2.45, 2.75) is 19.4 Å². The molecule has 0 unspecified atom stereocenters. The first-order chi connectivity index (χ1) is 11.3. The number of benzene rings is 1. The van der Waals surface area contributed by atoms with E-state index in [1.54, 1.807) is 11.3 Å². The molecule has 3 rings (SSSR count). The lowest BCUT2D eigenvalue weighted by atomic mass is 10.2. The second kappa shape index (κ2) is 7.66. The number of rotatable bonds is 7. The van der Waals surface area contributed by atoms with E-state index in [0.29, 0.717) is 24.8 Å². The van der Waals surface area contributed by atoms with Gasteiger partial charge >= 0.3 is 0 Å². The van der Waals surface area contributed by atoms with Crippen molar-refractivity contribution in [3.63, 3.8) is 0 Å². The van der Waals surface area contributed by atoms with Crippen LogP contribution in [0.1, 0.15) is 17.9 Å². The van der Waals surface area contributed by atoms with Crippen molar-refractivity contribution in [3.8, 4) is 11.5 Å². The first kappa shape index (κ1) is 15.4. The minimum Gasteiger partial charge on any atom is -0.421 e. The highest BCUT2D eigenvalue weighted by atomic mass is 32.1. The summed E-state index contributed by atoms with van der Waals surface area (Å²) in [6.45, 7) is 0.329. The van der Waals surface area contributed by atoms with Gasteiger partial charge in [0.25, 0.3) is 0 Å². The zero-order chi connectivity index (χ0) is 15.9. The summed E-state index contributed by atoms with van der Waals surface area (Å²) in [7, 11) is 0. The molecule has 0 saturated heterocycles. The second-order valence-corrected chi connectivity index (χ2v) is 5.59. The first-order valence-corrected chi connectivity index (χ1v) is 8.05. The summed E-state index contributed by atoms with van der Waals surface area (Å²) in [6, 6.07) is 11.5. The van der Waals surface area contributed by atoms with E-state index < -0.39 is 0 Å². The lowest BCUT2D eigenvalue weighted by Crippen LogP contribution is -2.23. The fourth-order valence-electron chi connectivity index (χ4n) is 1.90. The molecule has 0 saturated carbocycles. The van der Waals surface area contributed by atoms with Crippen molar-refractivity contribution in [2.75, 3.05) is 0 Å². The van der Waals surface area contributed by atoms with Gasteiger partial charge in [-0.15, -0.1) is 10.2 Å². The monoisotopic (exact) mass is 329 g/mol. The molecule has 0 atom stereocenters. The zero-order valence-corrected chi connectivity index (χ0v) is 13.1. The molecule has 0 bridgehead atoms. The molecule has 0 aliphatic carbocycles. The summed E-state index contributed by atoms with van der Waals surface area (Å²) in [6.07, 6.45) is 0.595. The number of aromatic nitrogens is 2. The van der Waals surface area contributed by atoms with Crippen molar-refractivity contribution in [1.29, 1.82) is 0 Å². The Labute approximate surface area is 137 Å². The summed E-state index contributed by atoms with van der Waals surface area (Å²) in [4.78, 5) is 16.9. The van der Waals surface area contributed by atoms with Gasteiger partial charge in [-0.2, -0.15) is 11.3 Å². The van der Waals surface area contributed by atoms with Crippen LogP contribution in [0.5, 0.6) is 0 Å². The van der Waals surface area contributed by atoms with Crippen molar-refractivity contribution >= 4 is 17.2 Å². The molecule has 3 aromatic rings. The molecule has 0 aliphatic rings. The normalized spacial score (nSPS) is 10.6. The van der Waals surface area contributed by atoms with Gasteiger partial charge in [0.05, 0.1) is 6.61 Å². The molecule has 1 amide bonds. The van der Waals surface area contributed by atoms with Crippen LogP contribution in [0, 0.1) is 0 Å². The second-order valence-electron chi connectivity index (χ2n) is 4.81. The number of carbonyl (C=O) groups excluding carboxylic acids is 1. The number of thiophene rings is 1. The maximum atomic E-state index is 11.7. The molecule has 0 radical (unpaired) electrons. The maximum Gasteiger partial charge on any atom is 0.248 e. The molecule has 2 aromatic heterocycles. The highest BCUT2D eigenvalue weighted by molar-refractivity contribution is 7.08. The minimum absolute atomic E-state index is 0.222. The topological polar surface area (TPSA) is 77.2 Å². The van der Waals surface area contributed by atoms with Gasteiger partial charge in [-0.05, 0) is 17.0 Å². The highest BCUT2D eigenvalue weighted by Gasteiger charge is 2.10. The molecule has 0 spiro atoms. The third-order valence-corrected chi connectivity index (χ3v) is 3.75. The Hall–Kier alpha value is -2.51. The lowest BCUT2D eigenvalue weighted by Gasteiger charge is -2.04. The SMILES string of the molecule is O=C(CCc1nnc(-c2ccsc2)o1)NOCc1ccccc1. The number of nitrogens with zero attached hydrogens (tertiary/aromatic N) is 2. The molecule has 2 heterocycles. The van der Waals surface area contributed by atoms with Gasteiger partial charge in [-0.3, -0.25) is 9.63 Å². The smallest absolute Gasteiger partial charge is 0.248 e. The van der Waals surface area contributed by atoms with Crippen molar-refractivity contribution in [1.82, 2.24) is 15.7 Å². The Morgan fingerprint density at radius 3 is 2.87 bits per heavy atom. The number of nitrogens with one attached hydrogen (secondary N) is 1. The molecule has 23 heavy (non-hydrogen) atoms. The average molecular weight is 329 g/mol. The van der Waals surface area contributed by atoms with Crippen LogP contribution in [0.15, 0.2) is 51.6 Å². The van der Waals surface area contributed by atoms with Gasteiger partial charge in [0.1, 0.15) is 0 Å². The molecular weight excluding hydrogens is 314 g/mol. The average Bonchev–Trinajstić information content (AvgIpc) is 3.25. The lowest BCUT2D eigenvalue weighted by molar-refractivity contribution is -0.134. The van der Waals surface area contributed by atoms with Crippen LogP contribution in [0.4, 0.5) is 0 Å². The van der Waals surface area contributed by atoms with E-state index in [1.165, 1.54) is 0 Å². The van der Waals surface area contributed by atoms with E-state index in [2.05, 4.69) is 15.7 Å². The Morgan fingerprint density at radius 1 is 1.22 bits per heavy atom. The molecule has 7 heteroatoms. The van der Waals surface area contributed by atoms with Crippen LogP contribution in [0.25, 0.3) is 11.5 Å². The molecule has 1 aromatic carbocycles. The summed E-state index contributed by atoms with van der Waals surface area (Å²) in [5, 5.41) is 11.8. The van der Waals surface area contributed by atoms with E-state index in [9.17, 15) is 4.79 Å². The van der Waals surface area contributed by atoms with Crippen LogP contribution < -0.4 is 5.48 Å². The molecule has 118 valence electrons. The Balaban J connectivity index is 1.41. The van der Waals surface area contributed by atoms with E-state index in [1.807, 2.05) is 47.2 Å². The van der Waals surface area contributed by atoms with Gasteiger partial charge in [0.2, 0.25) is 17.7 Å². The number of carbonyl (C=O) groups is 1. The largest absolute Gasteiger partial charge is 0.421 e. The Kier molecular flexibility index (Phi) is 5.13. The van der Waals surface area contributed by atoms with Gasteiger partial charge in [-0.25, -0.2) is 5.48 Å². The number of hydrogen-bond donors (Lipinski definition) is 1. The molecule has 0 aliphatic heterocycles. The van der Waals surface area contributed by atoms with E-state index in [4.69, 9.17) is 9.25 Å². The van der Waals surface area contributed by atoms with Crippen molar-refractivity contribution in [2.24, 2.45) is 0 Å². The third-order valence-electron chi connectivity index (χ3n) is 3.07. The minimum atomic E-state index is -0.226. The summed E-state index contributed by atoms with van der Waals surface area (Å²) in [5.74, 6) is 0.683. The van der Waals surface area contributed by atoms with Crippen LogP contribution in [0.2, 0.25) is 0 Å². The van der Waals surface area contributed by atoms with Crippen LogP contribution in [-0.4, -0.2) is 16.1 Å².